The first-order chi connectivity index (χ1) is 4.74. The van der Waals surface area contributed by atoms with Crippen molar-refractivity contribution in [2.45, 2.75) is 0 Å². The number of carbonyl (C=O) groups excluding carboxylic acids is 1. The molecule has 0 aliphatic rings. The second kappa shape index (κ2) is 2.47. The van der Waals surface area contributed by atoms with Gasteiger partial charge in [0.1, 0.15) is 0 Å². The van der Waals surface area contributed by atoms with Crippen LogP contribution in [0.1, 0.15) is 5.56 Å². The van der Waals surface area contributed by atoms with Gasteiger partial charge in [0.25, 0.3) is 0 Å². The summed E-state index contributed by atoms with van der Waals surface area (Å²) in [5, 5.41) is 8.63. The van der Waals surface area contributed by atoms with Crippen molar-refractivity contribution in [1.29, 1.82) is 0 Å². The third-order valence-electron chi connectivity index (χ3n) is 1.07. The van der Waals surface area contributed by atoms with Gasteiger partial charge in [-0.05, 0) is 18.2 Å². The molecule has 0 aliphatic heterocycles. The summed E-state index contributed by atoms with van der Waals surface area (Å²) in [4.78, 5) is 9.90. The summed E-state index contributed by atoms with van der Waals surface area (Å²) >= 11 is 0. The van der Waals surface area contributed by atoms with Crippen LogP contribution in [-0.4, -0.2) is 11.4 Å². The molecule has 10 heavy (non-hydrogen) atoms. The van der Waals surface area contributed by atoms with E-state index in [9.17, 15) is 9.18 Å². The highest BCUT2D eigenvalue weighted by atomic mass is 19.1. The molecule has 1 rings (SSSR count). The highest BCUT2D eigenvalue weighted by molar-refractivity contribution is 5.75. The molecule has 0 spiro atoms. The second-order valence-corrected chi connectivity index (χ2v) is 1.77. The topological polar surface area (TPSA) is 37.3 Å². The van der Waals surface area contributed by atoms with E-state index in [4.69, 9.17) is 5.11 Å². The number of hydrogen-bond acceptors (Lipinski definition) is 2. The maximum atomic E-state index is 12.3. The average molecular weight is 139 g/mol. The molecule has 0 saturated carbocycles. The number of aromatic hydroxyl groups is 1. The third kappa shape index (κ3) is 1.13. The lowest BCUT2D eigenvalue weighted by molar-refractivity contribution is 0.432. The molecule has 0 unspecified atom stereocenters. The van der Waals surface area contributed by atoms with Crippen LogP contribution < -0.4 is 0 Å². The maximum absolute atomic E-state index is 12.3. The molecule has 1 N–H and O–H groups in total. The Morgan fingerprint density at radius 1 is 1.50 bits per heavy atom. The molecule has 0 aliphatic carbocycles. The molecule has 0 atom stereocenters. The Hall–Kier alpha value is -1.38. The van der Waals surface area contributed by atoms with Crippen molar-refractivity contribution < 1.29 is 14.3 Å². The van der Waals surface area contributed by atoms with E-state index in [1.807, 2.05) is 0 Å². The summed E-state index contributed by atoms with van der Waals surface area (Å²) in [5.41, 5.74) is 0.0929. The summed E-state index contributed by atoms with van der Waals surface area (Å²) in [7, 11) is 0. The molecule has 2 nitrogen and oxygen atoms in total. The molecule has 0 aromatic heterocycles. The number of rotatable bonds is 1. The number of benzene rings is 1. The van der Waals surface area contributed by atoms with Crippen molar-refractivity contribution in [3.63, 3.8) is 0 Å². The van der Waals surface area contributed by atoms with E-state index >= 15 is 0 Å². The van der Waals surface area contributed by atoms with Crippen LogP contribution >= 0.6 is 0 Å². The van der Waals surface area contributed by atoms with Gasteiger partial charge in [0.05, 0.1) is 0 Å². The lowest BCUT2D eigenvalue weighted by atomic mass is 10.2. The second-order valence-electron chi connectivity index (χ2n) is 1.77. The summed E-state index contributed by atoms with van der Waals surface area (Å²) in [6, 6.07) is 3.31. The average Bonchev–Trinajstić information content (AvgIpc) is 1.95. The molecule has 1 aromatic carbocycles. The fourth-order valence-corrected chi connectivity index (χ4v) is 0.570. The quantitative estimate of drug-likeness (QED) is 0.629. The number of phenolic OH excluding ortho intramolecular Hbond substituents is 1. The molecule has 51 valence electrons. The predicted molar refractivity (Wildman–Crippen MR) is 32.9 cm³/mol. The van der Waals surface area contributed by atoms with E-state index < -0.39 is 11.6 Å². The molecule has 3 heteroatoms. The van der Waals surface area contributed by atoms with Gasteiger partial charge in [-0.25, -0.2) is 4.39 Å². The van der Waals surface area contributed by atoms with Crippen LogP contribution in [0.25, 0.3) is 0 Å². The van der Waals surface area contributed by atoms with Crippen LogP contribution in [0.3, 0.4) is 0 Å². The monoisotopic (exact) mass is 139 g/mol. The van der Waals surface area contributed by atoms with E-state index in [2.05, 4.69) is 0 Å². The number of hydrogen-bond donors (Lipinski definition) is 1. The van der Waals surface area contributed by atoms with Crippen LogP contribution in [0.5, 0.6) is 5.75 Å². The molecule has 1 radical (unpaired) electrons. The summed E-state index contributed by atoms with van der Waals surface area (Å²) in [6.45, 7) is 0. The van der Waals surface area contributed by atoms with Crippen molar-refractivity contribution in [1.82, 2.24) is 0 Å². The van der Waals surface area contributed by atoms with Crippen molar-refractivity contribution in [3.05, 3.63) is 29.6 Å². The molecule has 1 aromatic rings. The van der Waals surface area contributed by atoms with Gasteiger partial charge in [0.2, 0.25) is 6.29 Å². The smallest absolute Gasteiger partial charge is 0.233 e. The zero-order valence-corrected chi connectivity index (χ0v) is 4.97. The Balaban J connectivity index is 3.16. The fraction of sp³-hybridized carbons (Fsp3) is 0. The minimum Gasteiger partial charge on any atom is -0.505 e. The van der Waals surface area contributed by atoms with Gasteiger partial charge >= 0.3 is 0 Å². The Bertz CT molecular complexity index is 258. The predicted octanol–water partition coefficient (Wildman–Crippen LogP) is 0.989. The van der Waals surface area contributed by atoms with Gasteiger partial charge in [-0.3, -0.25) is 4.79 Å². The fourth-order valence-electron chi connectivity index (χ4n) is 0.570. The zero-order chi connectivity index (χ0) is 7.56. The van der Waals surface area contributed by atoms with E-state index in [1.165, 1.54) is 12.4 Å². The molecule has 0 bridgehead atoms. The van der Waals surface area contributed by atoms with Gasteiger partial charge < -0.3 is 5.11 Å². The Labute approximate surface area is 56.9 Å². The minimum atomic E-state index is -0.805. The number of phenols is 1. The zero-order valence-electron chi connectivity index (χ0n) is 4.97. The van der Waals surface area contributed by atoms with Crippen LogP contribution in [0.2, 0.25) is 0 Å². The van der Waals surface area contributed by atoms with Crippen molar-refractivity contribution in [2.75, 3.05) is 0 Å². The van der Waals surface area contributed by atoms with Gasteiger partial charge in [0, 0.05) is 5.56 Å². The minimum absolute atomic E-state index is 0.0929. The largest absolute Gasteiger partial charge is 0.505 e. The maximum Gasteiger partial charge on any atom is 0.233 e. The van der Waals surface area contributed by atoms with Gasteiger partial charge in [-0.1, -0.05) is 0 Å². The van der Waals surface area contributed by atoms with Crippen molar-refractivity contribution >= 4 is 6.29 Å². The standard InChI is InChI=1S/C7H4FO2/c8-6-3-5(4-9)1-2-7(6)10/h1-3,10H. The molecule has 0 amide bonds. The summed E-state index contributed by atoms with van der Waals surface area (Å²) < 4.78 is 12.3. The SMILES string of the molecule is O=[C]c1ccc(O)c(F)c1. The van der Waals surface area contributed by atoms with E-state index in [-0.39, 0.29) is 5.56 Å². The first-order valence-electron chi connectivity index (χ1n) is 2.60. The van der Waals surface area contributed by atoms with Crippen LogP contribution in [-0.2, 0) is 4.79 Å². The molecular formula is C7H4FO2. The molecule has 0 heterocycles. The van der Waals surface area contributed by atoms with Gasteiger partial charge in [0.15, 0.2) is 11.6 Å². The van der Waals surface area contributed by atoms with Gasteiger partial charge in [-0.15, -0.1) is 0 Å². The molecular weight excluding hydrogens is 135 g/mol. The number of halogens is 1. The van der Waals surface area contributed by atoms with Crippen molar-refractivity contribution in [3.8, 4) is 5.75 Å². The molecule has 0 fully saturated rings. The Morgan fingerprint density at radius 2 is 2.20 bits per heavy atom. The Morgan fingerprint density at radius 3 is 2.70 bits per heavy atom. The van der Waals surface area contributed by atoms with Crippen molar-refractivity contribution in [2.24, 2.45) is 0 Å². The normalized spacial score (nSPS) is 9.30. The van der Waals surface area contributed by atoms with E-state index in [1.54, 1.807) is 0 Å². The highest BCUT2D eigenvalue weighted by Crippen LogP contribution is 2.14. The molecule has 0 saturated heterocycles. The Kier molecular flexibility index (Phi) is 1.67. The lowest BCUT2D eigenvalue weighted by Gasteiger charge is -1.92. The van der Waals surface area contributed by atoms with Gasteiger partial charge in [-0.2, -0.15) is 0 Å². The summed E-state index contributed by atoms with van der Waals surface area (Å²) in [6.07, 6.45) is 1.49. The van der Waals surface area contributed by atoms with Crippen LogP contribution in [0, 0.1) is 5.82 Å². The van der Waals surface area contributed by atoms with Crippen LogP contribution in [0.15, 0.2) is 18.2 Å². The first-order valence-corrected chi connectivity index (χ1v) is 2.60. The first kappa shape index (κ1) is 6.74. The third-order valence-corrected chi connectivity index (χ3v) is 1.07. The van der Waals surface area contributed by atoms with Crippen LogP contribution in [0.4, 0.5) is 4.39 Å². The lowest BCUT2D eigenvalue weighted by Crippen LogP contribution is -1.81. The van der Waals surface area contributed by atoms with E-state index in [0.717, 1.165) is 12.1 Å². The highest BCUT2D eigenvalue weighted by Gasteiger charge is 1.99. The summed E-state index contributed by atoms with van der Waals surface area (Å²) in [5.74, 6) is -1.26. The van der Waals surface area contributed by atoms with E-state index in [0.29, 0.717) is 0 Å².